The average molecular weight is 265 g/mol. The Labute approximate surface area is 89.0 Å². The number of hydrogen-bond donors (Lipinski definition) is 3. The molecule has 0 aromatic carbocycles. The first-order valence-corrected chi connectivity index (χ1v) is 5.73. The van der Waals surface area contributed by atoms with E-state index < -0.39 is 27.8 Å². The Morgan fingerprint density at radius 2 is 1.62 bits per heavy atom. The third kappa shape index (κ3) is 15.2. The Morgan fingerprint density at radius 3 is 1.69 bits per heavy atom. The molecule has 10 heteroatoms. The highest BCUT2D eigenvalue weighted by atomic mass is 32.2. The predicted molar refractivity (Wildman–Crippen MR) is 47.6 cm³/mol. The third-order valence-corrected chi connectivity index (χ3v) is 1.93. The molecule has 0 radical (unpaired) electrons. The van der Waals surface area contributed by atoms with E-state index in [1.807, 2.05) is 0 Å². The van der Waals surface area contributed by atoms with Crippen molar-refractivity contribution >= 4 is 21.7 Å². The highest BCUT2D eigenvalue weighted by molar-refractivity contribution is 7.91. The van der Waals surface area contributed by atoms with E-state index in [4.69, 9.17) is 19.8 Å². The average Bonchev–Trinajstić information content (AvgIpc) is 1.99. The first-order chi connectivity index (χ1) is 6.86. The van der Waals surface area contributed by atoms with Gasteiger partial charge in [0.25, 0.3) is 0 Å². The monoisotopic (exact) mass is 265 g/mol. The summed E-state index contributed by atoms with van der Waals surface area (Å²) in [6, 6.07) is 0. The molecule has 0 amide bonds. The van der Waals surface area contributed by atoms with Gasteiger partial charge >= 0.3 is 18.1 Å². The largest absolute Gasteiger partial charge is 0.490 e. The van der Waals surface area contributed by atoms with Crippen LogP contribution in [0.5, 0.6) is 0 Å². The summed E-state index contributed by atoms with van der Waals surface area (Å²) in [7, 11) is -2.60. The second-order valence-corrected chi connectivity index (χ2v) is 5.07. The number of carbonyl (C=O) groups is 2. The van der Waals surface area contributed by atoms with E-state index in [1.165, 1.54) is 6.26 Å². The van der Waals surface area contributed by atoms with E-state index >= 15 is 0 Å². The Kier molecular flexibility index (Phi) is 6.73. The topological polar surface area (TPSA) is 116 Å². The fourth-order valence-electron chi connectivity index (χ4n) is 0.282. The van der Waals surface area contributed by atoms with Gasteiger partial charge in [0, 0.05) is 21.7 Å². The Hall–Kier alpha value is -1.32. The van der Waals surface area contributed by atoms with Crippen molar-refractivity contribution in [1.82, 2.24) is 0 Å². The molecular weight excluding hydrogens is 255 g/mol. The molecule has 0 aromatic rings. The molecule has 6 nitrogen and oxygen atoms in total. The van der Waals surface area contributed by atoms with Crippen molar-refractivity contribution in [3.05, 3.63) is 0 Å². The quantitative estimate of drug-likeness (QED) is 0.697. The first kappa shape index (κ1) is 17.1. The smallest absolute Gasteiger partial charge is 0.481 e. The number of alkyl halides is 3. The van der Waals surface area contributed by atoms with E-state index in [9.17, 15) is 22.2 Å². The van der Waals surface area contributed by atoms with Crippen LogP contribution in [0.2, 0.25) is 0 Å². The van der Waals surface area contributed by atoms with Gasteiger partial charge in [-0.3, -0.25) is 13.8 Å². The SMILES string of the molecule is CS(=N)(=O)CCC(=O)O.O=C(O)C(F)(F)F. The molecule has 0 aliphatic rings. The normalized spacial score (nSPS) is 14.2. The molecule has 0 aromatic heterocycles. The van der Waals surface area contributed by atoms with E-state index in [-0.39, 0.29) is 12.2 Å². The van der Waals surface area contributed by atoms with Gasteiger partial charge in [-0.05, 0) is 0 Å². The number of halogens is 3. The van der Waals surface area contributed by atoms with Crippen molar-refractivity contribution in [3.8, 4) is 0 Å². The van der Waals surface area contributed by atoms with Gasteiger partial charge in [-0.15, -0.1) is 0 Å². The molecule has 0 bridgehead atoms. The van der Waals surface area contributed by atoms with Crippen LogP contribution in [-0.2, 0) is 19.3 Å². The molecular formula is C6H10F3NO5S. The summed E-state index contributed by atoms with van der Waals surface area (Å²) in [5, 5.41) is 15.2. The fraction of sp³-hybridized carbons (Fsp3) is 0.667. The number of rotatable bonds is 3. The standard InChI is InChI=1S/C4H9NO3S.C2HF3O2/c1-9(5,8)3-2-4(6)7;3-2(4,5)1(6)7/h5H,2-3H2,1H3,(H,6,7);(H,6,7). The van der Waals surface area contributed by atoms with Gasteiger partial charge in [-0.1, -0.05) is 0 Å². The summed E-state index contributed by atoms with van der Waals surface area (Å²) in [5.41, 5.74) is 0. The Balaban J connectivity index is 0. The van der Waals surface area contributed by atoms with Gasteiger partial charge in [0.2, 0.25) is 0 Å². The molecule has 0 spiro atoms. The lowest BCUT2D eigenvalue weighted by molar-refractivity contribution is -0.192. The summed E-state index contributed by atoms with van der Waals surface area (Å²) in [6.07, 6.45) is -4.03. The van der Waals surface area contributed by atoms with Gasteiger partial charge in [-0.25, -0.2) is 4.79 Å². The second-order valence-electron chi connectivity index (χ2n) is 2.66. The van der Waals surface area contributed by atoms with Crippen LogP contribution in [0.4, 0.5) is 13.2 Å². The molecule has 16 heavy (non-hydrogen) atoms. The van der Waals surface area contributed by atoms with Crippen molar-refractivity contribution in [2.45, 2.75) is 12.6 Å². The van der Waals surface area contributed by atoms with E-state index in [1.54, 1.807) is 0 Å². The lowest BCUT2D eigenvalue weighted by atomic mass is 10.5. The van der Waals surface area contributed by atoms with Gasteiger partial charge in [0.1, 0.15) is 0 Å². The second kappa shape index (κ2) is 6.30. The minimum atomic E-state index is -5.08. The Morgan fingerprint density at radius 1 is 1.31 bits per heavy atom. The number of carboxylic acids is 2. The van der Waals surface area contributed by atoms with Gasteiger partial charge in [-0.2, -0.15) is 13.2 Å². The van der Waals surface area contributed by atoms with Crippen molar-refractivity contribution in [3.63, 3.8) is 0 Å². The van der Waals surface area contributed by atoms with Crippen LogP contribution in [0.25, 0.3) is 0 Å². The lowest BCUT2D eigenvalue weighted by Crippen LogP contribution is -2.21. The van der Waals surface area contributed by atoms with Gasteiger partial charge in [0.05, 0.1) is 6.42 Å². The number of hydrogen-bond acceptors (Lipinski definition) is 4. The number of carboxylic acid groups (broad SMARTS) is 2. The zero-order chi connectivity index (χ0) is 13.6. The van der Waals surface area contributed by atoms with Crippen molar-refractivity contribution in [2.24, 2.45) is 0 Å². The van der Waals surface area contributed by atoms with E-state index in [2.05, 4.69) is 0 Å². The van der Waals surface area contributed by atoms with Crippen LogP contribution in [0.3, 0.4) is 0 Å². The molecule has 0 heterocycles. The molecule has 0 fully saturated rings. The molecule has 1 unspecified atom stereocenters. The lowest BCUT2D eigenvalue weighted by Gasteiger charge is -1.94. The third-order valence-electron chi connectivity index (χ3n) is 0.948. The van der Waals surface area contributed by atoms with Crippen LogP contribution in [-0.4, -0.2) is 44.5 Å². The maximum Gasteiger partial charge on any atom is 0.490 e. The highest BCUT2D eigenvalue weighted by Gasteiger charge is 2.38. The highest BCUT2D eigenvalue weighted by Crippen LogP contribution is 2.13. The molecule has 3 N–H and O–H groups in total. The fourth-order valence-corrected chi connectivity index (χ4v) is 0.846. The van der Waals surface area contributed by atoms with Crippen LogP contribution in [0, 0.1) is 4.78 Å². The van der Waals surface area contributed by atoms with Crippen molar-refractivity contribution in [1.29, 1.82) is 4.78 Å². The molecule has 0 aliphatic heterocycles. The predicted octanol–water partition coefficient (Wildman–Crippen LogP) is 0.771. The minimum Gasteiger partial charge on any atom is -0.481 e. The summed E-state index contributed by atoms with van der Waals surface area (Å²) in [4.78, 5) is 18.7. The molecule has 0 saturated carbocycles. The van der Waals surface area contributed by atoms with Crippen LogP contribution in [0.1, 0.15) is 6.42 Å². The van der Waals surface area contributed by atoms with Gasteiger partial charge < -0.3 is 10.2 Å². The minimum absolute atomic E-state index is 0.0532. The Bertz CT molecular complexity index is 348. The van der Waals surface area contributed by atoms with Crippen LogP contribution < -0.4 is 0 Å². The van der Waals surface area contributed by atoms with Crippen LogP contribution in [0.15, 0.2) is 0 Å². The van der Waals surface area contributed by atoms with Gasteiger partial charge in [0.15, 0.2) is 0 Å². The molecule has 0 saturated heterocycles. The van der Waals surface area contributed by atoms with E-state index in [0.29, 0.717) is 0 Å². The van der Waals surface area contributed by atoms with Crippen LogP contribution >= 0.6 is 0 Å². The molecule has 1 atom stereocenters. The van der Waals surface area contributed by atoms with Crippen molar-refractivity contribution < 1.29 is 37.2 Å². The zero-order valence-electron chi connectivity index (χ0n) is 8.08. The molecule has 0 rings (SSSR count). The molecule has 0 aliphatic carbocycles. The first-order valence-electron chi connectivity index (χ1n) is 3.59. The maximum absolute atomic E-state index is 10.6. The summed E-state index contributed by atoms with van der Waals surface area (Å²) in [5.74, 6) is -3.81. The molecule has 96 valence electrons. The number of aliphatic carboxylic acids is 2. The summed E-state index contributed by atoms with van der Waals surface area (Å²) in [6.45, 7) is 0. The summed E-state index contributed by atoms with van der Waals surface area (Å²) < 4.78 is 49.0. The van der Waals surface area contributed by atoms with E-state index in [0.717, 1.165) is 0 Å². The summed E-state index contributed by atoms with van der Waals surface area (Å²) >= 11 is 0. The van der Waals surface area contributed by atoms with Crippen molar-refractivity contribution in [2.75, 3.05) is 12.0 Å². The maximum atomic E-state index is 10.6. The zero-order valence-corrected chi connectivity index (χ0v) is 8.89. The number of nitrogens with one attached hydrogen (secondary N) is 1.